The van der Waals surface area contributed by atoms with Gasteiger partial charge in [0.2, 0.25) is 10.0 Å². The molecule has 200 valence electrons. The molecule has 2 aromatic heterocycles. The number of hydrogen-bond donors (Lipinski definition) is 1. The van der Waals surface area contributed by atoms with Crippen LogP contribution in [0.3, 0.4) is 0 Å². The van der Waals surface area contributed by atoms with E-state index in [1.165, 1.54) is 5.56 Å². The van der Waals surface area contributed by atoms with Crippen LogP contribution in [0.4, 0.5) is 0 Å². The minimum absolute atomic E-state index is 0.168. The van der Waals surface area contributed by atoms with E-state index >= 15 is 0 Å². The first-order valence-electron chi connectivity index (χ1n) is 12.8. The van der Waals surface area contributed by atoms with Gasteiger partial charge in [-0.1, -0.05) is 18.2 Å². The van der Waals surface area contributed by atoms with E-state index in [2.05, 4.69) is 23.8 Å². The Bertz CT molecular complexity index is 1770. The zero-order valence-corrected chi connectivity index (χ0v) is 23.3. The lowest BCUT2D eigenvalue weighted by molar-refractivity contribution is 0.181. The number of benzene rings is 3. The van der Waals surface area contributed by atoms with Gasteiger partial charge in [0.05, 0.1) is 44.6 Å². The molecule has 1 fully saturated rings. The highest BCUT2D eigenvalue weighted by Gasteiger charge is 2.28. The van der Waals surface area contributed by atoms with Crippen molar-refractivity contribution in [2.45, 2.75) is 37.2 Å². The summed E-state index contributed by atoms with van der Waals surface area (Å²) in [4.78, 5) is 14.8. The average Bonchev–Trinajstić information content (AvgIpc) is 3.69. The molecule has 0 unspecified atom stereocenters. The molecule has 0 amide bonds. The number of sulfonamides is 1. The van der Waals surface area contributed by atoms with Gasteiger partial charge in [0, 0.05) is 19.2 Å². The Balaban J connectivity index is 1.27. The van der Waals surface area contributed by atoms with E-state index < -0.39 is 10.0 Å². The molecule has 3 aromatic carbocycles. The Kier molecular flexibility index (Phi) is 7.03. The molecule has 10 heteroatoms. The summed E-state index contributed by atoms with van der Waals surface area (Å²) in [6, 6.07) is 16.5. The molecular formula is C29H28N4O4S2. The molecule has 0 aliphatic heterocycles. The first kappa shape index (κ1) is 25.8. The molecule has 2 heterocycles. The largest absolute Gasteiger partial charge is 0.492 e. The van der Waals surface area contributed by atoms with Gasteiger partial charge in [0.15, 0.2) is 0 Å². The van der Waals surface area contributed by atoms with Crippen molar-refractivity contribution in [2.75, 3.05) is 20.3 Å². The Morgan fingerprint density at radius 3 is 2.64 bits per heavy atom. The lowest BCUT2D eigenvalue weighted by atomic mass is 10.1. The molecule has 1 saturated carbocycles. The third kappa shape index (κ3) is 5.51. The van der Waals surface area contributed by atoms with Gasteiger partial charge in [0.1, 0.15) is 17.4 Å². The van der Waals surface area contributed by atoms with Gasteiger partial charge in [-0.3, -0.25) is 4.98 Å². The quantitative estimate of drug-likeness (QED) is 0.222. The number of ether oxygens (including phenoxy) is 2. The molecule has 6 rings (SSSR count). The van der Waals surface area contributed by atoms with Gasteiger partial charge in [-0.25, -0.2) is 23.1 Å². The summed E-state index contributed by atoms with van der Waals surface area (Å²) >= 11 is 1.61. The molecule has 5 aromatic rings. The van der Waals surface area contributed by atoms with E-state index in [9.17, 15) is 8.42 Å². The number of rotatable bonds is 10. The molecule has 1 N–H and O–H groups in total. The van der Waals surface area contributed by atoms with Crippen LogP contribution >= 0.6 is 11.3 Å². The minimum Gasteiger partial charge on any atom is -0.492 e. The summed E-state index contributed by atoms with van der Waals surface area (Å²) in [7, 11) is -1.93. The van der Waals surface area contributed by atoms with Gasteiger partial charge in [0.25, 0.3) is 0 Å². The Hall–Kier alpha value is -3.44. The summed E-state index contributed by atoms with van der Waals surface area (Å²) in [5.74, 6) is 1.19. The van der Waals surface area contributed by atoms with E-state index in [0.29, 0.717) is 12.5 Å². The van der Waals surface area contributed by atoms with Crippen LogP contribution in [0.25, 0.3) is 31.8 Å². The maximum Gasteiger partial charge on any atom is 0.240 e. The van der Waals surface area contributed by atoms with Crippen LogP contribution in [0.1, 0.15) is 35.6 Å². The predicted octanol–water partition coefficient (Wildman–Crippen LogP) is 5.60. The van der Waals surface area contributed by atoms with Crippen LogP contribution in [0.15, 0.2) is 65.7 Å². The van der Waals surface area contributed by atoms with Crippen molar-refractivity contribution in [3.05, 3.63) is 77.6 Å². The molecule has 0 radical (unpaired) electrons. The molecule has 8 nitrogen and oxygen atoms in total. The normalized spacial score (nSPS) is 13.8. The van der Waals surface area contributed by atoms with E-state index in [-0.39, 0.29) is 18.0 Å². The number of nitrogens with zero attached hydrogens (tertiary/aromatic N) is 3. The highest BCUT2D eigenvalue weighted by molar-refractivity contribution is 7.89. The van der Waals surface area contributed by atoms with Crippen LogP contribution < -0.4 is 9.46 Å². The van der Waals surface area contributed by atoms with E-state index in [1.807, 2.05) is 12.1 Å². The van der Waals surface area contributed by atoms with Crippen molar-refractivity contribution in [1.29, 1.82) is 0 Å². The number of aromatic nitrogens is 3. The van der Waals surface area contributed by atoms with Crippen molar-refractivity contribution in [1.82, 2.24) is 19.7 Å². The number of methoxy groups -OCH3 is 1. The number of nitrogens with one attached hydrogen (secondary N) is 1. The number of thiazole rings is 1. The smallest absolute Gasteiger partial charge is 0.240 e. The van der Waals surface area contributed by atoms with Gasteiger partial charge < -0.3 is 9.47 Å². The molecule has 1 aliphatic rings. The van der Waals surface area contributed by atoms with Crippen LogP contribution in [0, 0.1) is 6.92 Å². The standard InChI is InChI=1S/C29H28N4O4S2/c1-18-12-24(27-25(13-18)32-20(16-30-27)17-36-2)29-33-28-23(19-8-9-19)14-21(15-26(28)38-29)37-11-10-31-39(34,35)22-6-4-3-5-7-22/h3-7,12-16,19,31H,8-11,17H2,1-2H3. The second kappa shape index (κ2) is 10.6. The predicted molar refractivity (Wildman–Crippen MR) is 153 cm³/mol. The lowest BCUT2D eigenvalue weighted by Crippen LogP contribution is -2.28. The highest BCUT2D eigenvalue weighted by atomic mass is 32.2. The van der Waals surface area contributed by atoms with E-state index in [4.69, 9.17) is 24.4 Å². The highest BCUT2D eigenvalue weighted by Crippen LogP contribution is 2.46. The molecule has 0 spiro atoms. The van der Waals surface area contributed by atoms with Crippen LogP contribution in [0.2, 0.25) is 0 Å². The van der Waals surface area contributed by atoms with Crippen molar-refractivity contribution in [3.8, 4) is 16.3 Å². The zero-order valence-electron chi connectivity index (χ0n) is 21.7. The number of hydrogen-bond acceptors (Lipinski definition) is 8. The Morgan fingerprint density at radius 1 is 1.05 bits per heavy atom. The van der Waals surface area contributed by atoms with E-state index in [0.717, 1.165) is 61.7 Å². The van der Waals surface area contributed by atoms with Gasteiger partial charge in [-0.2, -0.15) is 0 Å². The molecular weight excluding hydrogens is 532 g/mol. The summed E-state index contributed by atoms with van der Waals surface area (Å²) < 4.78 is 39.9. The zero-order chi connectivity index (χ0) is 27.0. The maximum absolute atomic E-state index is 12.5. The second-order valence-corrected chi connectivity index (χ2v) is 12.5. The number of aryl methyl sites for hydroxylation is 1. The number of fused-ring (bicyclic) bond motifs is 2. The SMILES string of the molecule is COCc1cnc2c(-c3nc4c(C5CC5)cc(OCCNS(=O)(=O)c5ccccc5)cc4s3)cc(C)cc2n1. The third-order valence-electron chi connectivity index (χ3n) is 6.59. The minimum atomic E-state index is -3.57. The van der Waals surface area contributed by atoms with Crippen molar-refractivity contribution >= 4 is 42.6 Å². The molecule has 0 bridgehead atoms. The molecule has 0 atom stereocenters. The summed E-state index contributed by atoms with van der Waals surface area (Å²) in [6.07, 6.45) is 4.01. The average molecular weight is 561 g/mol. The third-order valence-corrected chi connectivity index (χ3v) is 9.11. The van der Waals surface area contributed by atoms with Gasteiger partial charge in [-0.05, 0) is 73.2 Å². The summed E-state index contributed by atoms with van der Waals surface area (Å²) in [5.41, 5.74) is 6.65. The maximum atomic E-state index is 12.5. The molecule has 0 saturated heterocycles. The summed E-state index contributed by atoms with van der Waals surface area (Å²) in [5, 5.41) is 0.891. The fourth-order valence-corrected chi connectivity index (χ4v) is 6.72. The monoisotopic (exact) mass is 560 g/mol. The first-order valence-corrected chi connectivity index (χ1v) is 15.1. The fraction of sp³-hybridized carbons (Fsp3) is 0.276. The first-order chi connectivity index (χ1) is 18.9. The van der Waals surface area contributed by atoms with Crippen LogP contribution in [0.5, 0.6) is 5.75 Å². The fourth-order valence-electron chi connectivity index (χ4n) is 4.64. The lowest BCUT2D eigenvalue weighted by Gasteiger charge is -2.10. The second-order valence-electron chi connectivity index (χ2n) is 9.69. The van der Waals surface area contributed by atoms with Crippen LogP contribution in [-0.4, -0.2) is 43.6 Å². The Morgan fingerprint density at radius 2 is 1.87 bits per heavy atom. The summed E-state index contributed by atoms with van der Waals surface area (Å²) in [6.45, 7) is 2.85. The molecule has 1 aliphatic carbocycles. The van der Waals surface area contributed by atoms with E-state index in [1.54, 1.807) is 55.0 Å². The van der Waals surface area contributed by atoms with Crippen molar-refractivity contribution in [2.24, 2.45) is 0 Å². The van der Waals surface area contributed by atoms with Gasteiger partial charge in [-0.15, -0.1) is 11.3 Å². The van der Waals surface area contributed by atoms with Crippen molar-refractivity contribution < 1.29 is 17.9 Å². The van der Waals surface area contributed by atoms with Gasteiger partial charge >= 0.3 is 0 Å². The molecule has 39 heavy (non-hydrogen) atoms. The van der Waals surface area contributed by atoms with Crippen molar-refractivity contribution in [3.63, 3.8) is 0 Å². The Labute approximate surface area is 231 Å². The van der Waals surface area contributed by atoms with Crippen LogP contribution in [-0.2, 0) is 21.4 Å². The topological polar surface area (TPSA) is 103 Å².